The molecule has 4 nitrogen and oxygen atoms in total. The van der Waals surface area contributed by atoms with Crippen LogP contribution in [0.25, 0.3) is 10.2 Å². The van der Waals surface area contributed by atoms with Crippen molar-refractivity contribution in [2.45, 2.75) is 51.1 Å². The highest BCUT2D eigenvalue weighted by atomic mass is 32.1. The highest BCUT2D eigenvalue weighted by molar-refractivity contribution is 7.18. The van der Waals surface area contributed by atoms with Gasteiger partial charge in [-0.2, -0.15) is 0 Å². The fraction of sp³-hybridized carbons (Fsp3) is 0.625. The summed E-state index contributed by atoms with van der Waals surface area (Å²) in [7, 11) is 0. The second-order valence-electron chi connectivity index (χ2n) is 6.09. The van der Waals surface area contributed by atoms with Gasteiger partial charge in [-0.3, -0.25) is 0 Å². The molecule has 0 radical (unpaired) electrons. The maximum Gasteiger partial charge on any atom is 0.141 e. The van der Waals surface area contributed by atoms with Gasteiger partial charge in [0.2, 0.25) is 0 Å². The van der Waals surface area contributed by atoms with E-state index in [-0.39, 0.29) is 0 Å². The minimum Gasteiger partial charge on any atom is -0.351 e. The van der Waals surface area contributed by atoms with Crippen molar-refractivity contribution in [2.24, 2.45) is 0 Å². The molecule has 2 fully saturated rings. The van der Waals surface area contributed by atoms with Crippen LogP contribution in [0, 0.1) is 0 Å². The van der Waals surface area contributed by atoms with Gasteiger partial charge in [0.05, 0.1) is 5.39 Å². The summed E-state index contributed by atoms with van der Waals surface area (Å²) in [6.07, 6.45) is 8.00. The quantitative estimate of drug-likeness (QED) is 0.946. The first-order valence-corrected chi connectivity index (χ1v) is 8.92. The first-order valence-electron chi connectivity index (χ1n) is 8.10. The fourth-order valence-corrected chi connectivity index (χ4v) is 4.74. The molecule has 0 aromatic carbocycles. The maximum atomic E-state index is 4.65. The standard InChI is InChI=1S/C16H22N4S/c1-2-11-9-12-15(18-10-19-16(12)21-11)20-8-4-6-14(20)13-5-3-7-17-13/h9-10,13-14,17H,2-8H2,1H3. The zero-order valence-electron chi connectivity index (χ0n) is 12.5. The van der Waals surface area contributed by atoms with Crippen LogP contribution in [-0.4, -0.2) is 35.1 Å². The summed E-state index contributed by atoms with van der Waals surface area (Å²) in [5.41, 5.74) is 0. The molecule has 0 saturated carbocycles. The van der Waals surface area contributed by atoms with Crippen molar-refractivity contribution in [2.75, 3.05) is 18.0 Å². The third kappa shape index (κ3) is 2.32. The molecule has 0 bridgehead atoms. The topological polar surface area (TPSA) is 41.0 Å². The van der Waals surface area contributed by atoms with Crippen LogP contribution in [0.4, 0.5) is 5.82 Å². The average molecular weight is 302 g/mol. The van der Waals surface area contributed by atoms with Gasteiger partial charge >= 0.3 is 0 Å². The van der Waals surface area contributed by atoms with Gasteiger partial charge < -0.3 is 10.2 Å². The molecule has 2 aliphatic heterocycles. The van der Waals surface area contributed by atoms with Crippen LogP contribution in [0.1, 0.15) is 37.5 Å². The second-order valence-corrected chi connectivity index (χ2v) is 7.20. The number of fused-ring (bicyclic) bond motifs is 1. The molecule has 2 saturated heterocycles. The molecule has 21 heavy (non-hydrogen) atoms. The Kier molecular flexibility index (Phi) is 3.55. The number of hydrogen-bond donors (Lipinski definition) is 1. The Morgan fingerprint density at radius 2 is 2.29 bits per heavy atom. The largest absolute Gasteiger partial charge is 0.351 e. The number of hydrogen-bond acceptors (Lipinski definition) is 5. The maximum absolute atomic E-state index is 4.65. The Morgan fingerprint density at radius 1 is 1.33 bits per heavy atom. The van der Waals surface area contributed by atoms with E-state index in [1.807, 2.05) is 11.3 Å². The molecular formula is C16H22N4S. The van der Waals surface area contributed by atoms with Gasteiger partial charge in [0, 0.05) is 23.5 Å². The third-order valence-corrected chi connectivity index (χ3v) is 6.03. The zero-order chi connectivity index (χ0) is 14.2. The Hall–Kier alpha value is -1.20. The highest BCUT2D eigenvalue weighted by Gasteiger charge is 2.34. The van der Waals surface area contributed by atoms with Gasteiger partial charge in [0.1, 0.15) is 17.0 Å². The minimum absolute atomic E-state index is 0.607. The second kappa shape index (κ2) is 5.54. The van der Waals surface area contributed by atoms with Crippen LogP contribution in [0.5, 0.6) is 0 Å². The summed E-state index contributed by atoms with van der Waals surface area (Å²) in [6, 6.07) is 3.55. The van der Waals surface area contributed by atoms with Gasteiger partial charge in [-0.1, -0.05) is 6.92 Å². The summed E-state index contributed by atoms with van der Waals surface area (Å²) in [5, 5.41) is 4.93. The van der Waals surface area contributed by atoms with Crippen LogP contribution in [0.3, 0.4) is 0 Å². The van der Waals surface area contributed by atoms with E-state index in [0.717, 1.165) is 23.6 Å². The van der Waals surface area contributed by atoms with E-state index in [9.17, 15) is 0 Å². The minimum atomic E-state index is 0.607. The van der Waals surface area contributed by atoms with Crippen LogP contribution in [-0.2, 0) is 6.42 Å². The smallest absolute Gasteiger partial charge is 0.141 e. The van der Waals surface area contributed by atoms with Crippen molar-refractivity contribution in [1.82, 2.24) is 15.3 Å². The number of nitrogens with zero attached hydrogens (tertiary/aromatic N) is 3. The number of rotatable bonds is 3. The average Bonchev–Trinajstić information content (AvgIpc) is 3.24. The van der Waals surface area contributed by atoms with Crippen LogP contribution in [0.15, 0.2) is 12.4 Å². The van der Waals surface area contributed by atoms with E-state index in [1.54, 1.807) is 6.33 Å². The Balaban J connectivity index is 1.72. The summed E-state index contributed by atoms with van der Waals surface area (Å²) in [4.78, 5) is 14.2. The van der Waals surface area contributed by atoms with Crippen LogP contribution >= 0.6 is 11.3 Å². The molecule has 4 rings (SSSR count). The molecule has 5 heteroatoms. The molecule has 4 heterocycles. The van der Waals surface area contributed by atoms with Crippen molar-refractivity contribution >= 4 is 27.4 Å². The number of nitrogens with one attached hydrogen (secondary N) is 1. The normalized spacial score (nSPS) is 26.0. The van der Waals surface area contributed by atoms with Crippen LogP contribution in [0.2, 0.25) is 0 Å². The zero-order valence-corrected chi connectivity index (χ0v) is 13.3. The van der Waals surface area contributed by atoms with E-state index in [1.165, 1.54) is 42.5 Å². The lowest BCUT2D eigenvalue weighted by atomic mass is 10.0. The first kappa shape index (κ1) is 13.5. The summed E-state index contributed by atoms with van der Waals surface area (Å²) in [5.74, 6) is 1.16. The van der Waals surface area contributed by atoms with Crippen molar-refractivity contribution in [3.05, 3.63) is 17.3 Å². The molecular weight excluding hydrogens is 280 g/mol. The van der Waals surface area contributed by atoms with Crippen molar-refractivity contribution in [1.29, 1.82) is 0 Å². The third-order valence-electron chi connectivity index (χ3n) is 4.84. The summed E-state index contributed by atoms with van der Waals surface area (Å²) >= 11 is 1.81. The molecule has 2 unspecified atom stereocenters. The molecule has 0 amide bonds. The van der Waals surface area contributed by atoms with Gasteiger partial charge in [-0.15, -0.1) is 11.3 Å². The Morgan fingerprint density at radius 3 is 3.10 bits per heavy atom. The van der Waals surface area contributed by atoms with E-state index < -0.39 is 0 Å². The van der Waals surface area contributed by atoms with Crippen molar-refractivity contribution in [3.8, 4) is 0 Å². The van der Waals surface area contributed by atoms with Gasteiger partial charge in [0.15, 0.2) is 0 Å². The summed E-state index contributed by atoms with van der Waals surface area (Å²) < 4.78 is 0. The van der Waals surface area contributed by atoms with Gasteiger partial charge in [-0.05, 0) is 44.7 Å². The molecule has 2 aromatic heterocycles. The SMILES string of the molecule is CCc1cc2c(N3CCCC3C3CCCN3)ncnc2s1. The molecule has 0 spiro atoms. The Bertz CT molecular complexity index is 632. The van der Waals surface area contributed by atoms with Crippen molar-refractivity contribution in [3.63, 3.8) is 0 Å². The number of anilines is 1. The molecule has 1 N–H and O–H groups in total. The summed E-state index contributed by atoms with van der Waals surface area (Å²) in [6.45, 7) is 4.51. The fourth-order valence-electron chi connectivity index (χ4n) is 3.81. The van der Waals surface area contributed by atoms with Crippen LogP contribution < -0.4 is 10.2 Å². The molecule has 0 aliphatic carbocycles. The molecule has 2 aromatic rings. The predicted molar refractivity (Wildman–Crippen MR) is 88.2 cm³/mol. The number of aromatic nitrogens is 2. The molecule has 2 atom stereocenters. The predicted octanol–water partition coefficient (Wildman–Crippen LogP) is 2.97. The first-order chi connectivity index (χ1) is 10.4. The van der Waals surface area contributed by atoms with E-state index >= 15 is 0 Å². The highest BCUT2D eigenvalue weighted by Crippen LogP contribution is 2.35. The molecule has 112 valence electrons. The van der Waals surface area contributed by atoms with E-state index in [2.05, 4.69) is 33.2 Å². The molecule has 2 aliphatic rings. The van der Waals surface area contributed by atoms with E-state index in [4.69, 9.17) is 0 Å². The van der Waals surface area contributed by atoms with E-state index in [0.29, 0.717) is 12.1 Å². The van der Waals surface area contributed by atoms with Gasteiger partial charge in [0.25, 0.3) is 0 Å². The lowest BCUT2D eigenvalue weighted by Crippen LogP contribution is -2.44. The number of thiophene rings is 1. The lowest BCUT2D eigenvalue weighted by Gasteiger charge is -2.30. The lowest BCUT2D eigenvalue weighted by molar-refractivity contribution is 0.481. The van der Waals surface area contributed by atoms with Gasteiger partial charge in [-0.25, -0.2) is 9.97 Å². The van der Waals surface area contributed by atoms with Crippen molar-refractivity contribution < 1.29 is 0 Å². The number of aryl methyl sites for hydroxylation is 1. The Labute approximate surface area is 129 Å². The monoisotopic (exact) mass is 302 g/mol.